The predicted octanol–water partition coefficient (Wildman–Crippen LogP) is -0.526. The quantitative estimate of drug-likeness (QED) is 0.0733. The van der Waals surface area contributed by atoms with Gasteiger partial charge in [0, 0.05) is 78.5 Å². The number of para-hydroxylation sites is 1. The van der Waals surface area contributed by atoms with E-state index in [-0.39, 0.29) is 25.7 Å². The van der Waals surface area contributed by atoms with Crippen LogP contribution in [0, 0.1) is 0 Å². The van der Waals surface area contributed by atoms with Crippen molar-refractivity contribution in [3.8, 4) is 0 Å². The number of hydrogen-bond donors (Lipinski definition) is 9. The number of benzene rings is 1. The Morgan fingerprint density at radius 1 is 0.689 bits per heavy atom. The Morgan fingerprint density at radius 2 is 1.20 bits per heavy atom. The van der Waals surface area contributed by atoms with Crippen molar-refractivity contribution in [2.45, 2.75) is 49.9 Å². The molecule has 4 aromatic heterocycles. The van der Waals surface area contributed by atoms with Gasteiger partial charge in [-0.05, 0) is 11.6 Å². The maximum Gasteiger partial charge on any atom is 0.326 e. The number of H-pyrrole nitrogens is 4. The Kier molecular flexibility index (Phi) is 9.64. The van der Waals surface area contributed by atoms with Crippen LogP contribution in [0.15, 0.2) is 68.0 Å². The third-order valence-corrected chi connectivity index (χ3v) is 7.27. The van der Waals surface area contributed by atoms with Gasteiger partial charge in [-0.15, -0.1) is 0 Å². The Labute approximate surface area is 256 Å². The Bertz CT molecular complexity index is 1710. The van der Waals surface area contributed by atoms with Gasteiger partial charge in [0.25, 0.3) is 0 Å². The number of nitrogens with zero attached hydrogens (tertiary/aromatic N) is 3. The number of imidazole rings is 3. The summed E-state index contributed by atoms with van der Waals surface area (Å²) in [5, 5.41) is 18.7. The minimum atomic E-state index is -1.30. The SMILES string of the molecule is N[C@@H](Cc1cnc[nH]1)C(=O)N[C@@H](Cc1cnc[nH]1)C(=O)N[C@@H](Cc1c[nH]c2ccccc12)C(=O)N[C@@H](Cc1cnc[nH]1)C(=O)O. The standard InChI is InChI=1S/C29H33N11O5/c30-21(6-17-10-31-13-35-17)26(41)38-24(7-18-11-32-14-36-18)28(43)39-23(5-16-9-34-22-4-2-1-3-20(16)22)27(42)40-25(29(44)45)8-19-12-33-15-37-19/h1-4,9-15,21,23-25,34H,5-8,30H2,(H,31,35)(H,32,36)(H,33,37)(H,38,41)(H,39,43)(H,40,42)(H,44,45)/t21-,23-,24-,25-/m0/s1. The molecule has 0 aliphatic heterocycles. The van der Waals surface area contributed by atoms with Crippen molar-refractivity contribution in [2.24, 2.45) is 5.73 Å². The molecule has 234 valence electrons. The van der Waals surface area contributed by atoms with Crippen molar-refractivity contribution >= 4 is 34.6 Å². The number of carboxylic acid groups (broad SMARTS) is 1. The van der Waals surface area contributed by atoms with Crippen LogP contribution in [0.25, 0.3) is 10.9 Å². The van der Waals surface area contributed by atoms with E-state index in [1.165, 1.54) is 31.4 Å². The summed E-state index contributed by atoms with van der Waals surface area (Å²) >= 11 is 0. The van der Waals surface area contributed by atoms with E-state index in [0.717, 1.165) is 16.5 Å². The first kappa shape index (κ1) is 30.7. The first-order valence-corrected chi connectivity index (χ1v) is 14.1. The molecule has 0 radical (unpaired) electrons. The number of nitrogens with two attached hydrogens (primary N) is 1. The first-order chi connectivity index (χ1) is 21.8. The lowest BCUT2D eigenvalue weighted by atomic mass is 10.0. The number of aliphatic carboxylic acids is 1. The Hall–Kier alpha value is -5.77. The van der Waals surface area contributed by atoms with E-state index in [1.807, 2.05) is 24.3 Å². The van der Waals surface area contributed by atoms with Crippen molar-refractivity contribution < 1.29 is 24.3 Å². The fraction of sp³-hybridized carbons (Fsp3) is 0.276. The maximum atomic E-state index is 13.8. The van der Waals surface area contributed by atoms with Gasteiger partial charge in [-0.2, -0.15) is 0 Å². The number of nitrogens with one attached hydrogen (secondary N) is 7. The summed E-state index contributed by atoms with van der Waals surface area (Å²) in [6, 6.07) is 2.80. The molecular weight excluding hydrogens is 582 g/mol. The molecule has 16 nitrogen and oxygen atoms in total. The van der Waals surface area contributed by atoms with Crippen LogP contribution in [0.2, 0.25) is 0 Å². The summed E-state index contributed by atoms with van der Waals surface area (Å²) in [5.41, 5.74) is 9.38. The third-order valence-electron chi connectivity index (χ3n) is 7.27. The number of aromatic nitrogens is 7. The van der Waals surface area contributed by atoms with Gasteiger partial charge < -0.3 is 46.7 Å². The highest BCUT2D eigenvalue weighted by Crippen LogP contribution is 2.19. The van der Waals surface area contributed by atoms with Gasteiger partial charge in [0.15, 0.2) is 0 Å². The van der Waals surface area contributed by atoms with E-state index in [2.05, 4.69) is 50.8 Å². The average Bonchev–Trinajstić information content (AvgIpc) is 3.85. The van der Waals surface area contributed by atoms with E-state index in [1.54, 1.807) is 12.4 Å². The number of amides is 3. The van der Waals surface area contributed by atoms with Crippen LogP contribution >= 0.6 is 0 Å². The van der Waals surface area contributed by atoms with Gasteiger partial charge in [-0.1, -0.05) is 18.2 Å². The topological polar surface area (TPSA) is 252 Å². The molecule has 3 amide bonds. The summed E-state index contributed by atoms with van der Waals surface area (Å²) in [5.74, 6) is -3.24. The van der Waals surface area contributed by atoms with Crippen molar-refractivity contribution in [1.29, 1.82) is 0 Å². The molecule has 0 fully saturated rings. The van der Waals surface area contributed by atoms with E-state index in [0.29, 0.717) is 17.1 Å². The molecule has 5 aromatic rings. The number of hydrogen-bond acceptors (Lipinski definition) is 8. The molecule has 4 heterocycles. The summed E-state index contributed by atoms with van der Waals surface area (Å²) < 4.78 is 0. The normalized spacial score (nSPS) is 13.9. The van der Waals surface area contributed by atoms with E-state index >= 15 is 0 Å². The van der Waals surface area contributed by atoms with Crippen molar-refractivity contribution in [2.75, 3.05) is 0 Å². The molecule has 1 aromatic carbocycles. The number of fused-ring (bicyclic) bond motifs is 1. The summed E-state index contributed by atoms with van der Waals surface area (Å²) in [4.78, 5) is 76.2. The van der Waals surface area contributed by atoms with Gasteiger partial charge in [0.1, 0.15) is 18.1 Å². The molecule has 5 rings (SSSR count). The number of aromatic amines is 4. The molecule has 0 aliphatic rings. The van der Waals surface area contributed by atoms with E-state index in [4.69, 9.17) is 5.73 Å². The zero-order chi connectivity index (χ0) is 31.8. The smallest absolute Gasteiger partial charge is 0.326 e. The largest absolute Gasteiger partial charge is 0.480 e. The van der Waals surface area contributed by atoms with Gasteiger partial charge in [0.2, 0.25) is 17.7 Å². The van der Waals surface area contributed by atoms with Crippen molar-refractivity contribution in [3.63, 3.8) is 0 Å². The number of carboxylic acids is 1. The van der Waals surface area contributed by atoms with Gasteiger partial charge in [-0.3, -0.25) is 14.4 Å². The molecule has 0 bridgehead atoms. The second kappa shape index (κ2) is 14.1. The van der Waals surface area contributed by atoms with E-state index in [9.17, 15) is 24.3 Å². The Morgan fingerprint density at radius 3 is 1.78 bits per heavy atom. The molecule has 0 saturated carbocycles. The first-order valence-electron chi connectivity index (χ1n) is 14.1. The molecule has 16 heteroatoms. The van der Waals surface area contributed by atoms with Crippen LogP contribution < -0.4 is 21.7 Å². The van der Waals surface area contributed by atoms with E-state index < -0.39 is 47.9 Å². The summed E-state index contributed by atoms with van der Waals surface area (Å²) in [6.07, 6.45) is 10.7. The van der Waals surface area contributed by atoms with Crippen LogP contribution in [0.5, 0.6) is 0 Å². The maximum absolute atomic E-state index is 13.8. The van der Waals surface area contributed by atoms with Gasteiger partial charge in [0.05, 0.1) is 25.0 Å². The zero-order valence-electron chi connectivity index (χ0n) is 24.0. The second-order valence-corrected chi connectivity index (χ2v) is 10.5. The molecule has 4 atom stereocenters. The number of carbonyl (C=O) groups is 4. The van der Waals surface area contributed by atoms with Gasteiger partial charge in [-0.25, -0.2) is 19.7 Å². The highest BCUT2D eigenvalue weighted by Gasteiger charge is 2.32. The molecule has 10 N–H and O–H groups in total. The molecule has 0 unspecified atom stereocenters. The average molecular weight is 616 g/mol. The number of rotatable bonds is 15. The predicted molar refractivity (Wildman–Crippen MR) is 160 cm³/mol. The minimum absolute atomic E-state index is 0.0212. The molecular formula is C29H33N11O5. The van der Waals surface area contributed by atoms with Gasteiger partial charge >= 0.3 is 5.97 Å². The van der Waals surface area contributed by atoms with Crippen LogP contribution in [0.1, 0.15) is 22.6 Å². The lowest BCUT2D eigenvalue weighted by Gasteiger charge is -2.25. The summed E-state index contributed by atoms with van der Waals surface area (Å²) in [6.45, 7) is 0. The van der Waals surface area contributed by atoms with Crippen molar-refractivity contribution in [1.82, 2.24) is 50.8 Å². The third kappa shape index (κ3) is 7.99. The monoisotopic (exact) mass is 615 g/mol. The molecule has 0 saturated heterocycles. The summed E-state index contributed by atoms with van der Waals surface area (Å²) in [7, 11) is 0. The van der Waals surface area contributed by atoms with Crippen LogP contribution in [0.3, 0.4) is 0 Å². The fourth-order valence-electron chi connectivity index (χ4n) is 4.92. The van der Waals surface area contributed by atoms with Crippen molar-refractivity contribution in [3.05, 3.63) is 90.7 Å². The molecule has 0 aliphatic carbocycles. The number of carbonyl (C=O) groups excluding carboxylic acids is 3. The molecule has 45 heavy (non-hydrogen) atoms. The Balaban J connectivity index is 1.37. The minimum Gasteiger partial charge on any atom is -0.480 e. The lowest BCUT2D eigenvalue weighted by Crippen LogP contribution is -2.58. The fourth-order valence-corrected chi connectivity index (χ4v) is 4.92. The zero-order valence-corrected chi connectivity index (χ0v) is 24.0. The van der Waals surface area contributed by atoms with Crippen LogP contribution in [0.4, 0.5) is 0 Å². The highest BCUT2D eigenvalue weighted by molar-refractivity contribution is 5.95. The lowest BCUT2D eigenvalue weighted by molar-refractivity contribution is -0.142. The highest BCUT2D eigenvalue weighted by atomic mass is 16.4. The second-order valence-electron chi connectivity index (χ2n) is 10.5. The molecule has 0 spiro atoms. The van der Waals surface area contributed by atoms with Crippen LogP contribution in [-0.4, -0.2) is 87.9 Å². The van der Waals surface area contributed by atoms with Crippen LogP contribution in [-0.2, 0) is 44.9 Å².